The fraction of sp³-hybridized carbons (Fsp3) is 0.667. The molecule has 152 valence electrons. The molecule has 0 radical (unpaired) electrons. The third kappa shape index (κ3) is 7.03. The minimum absolute atomic E-state index is 0.330. The van der Waals surface area contributed by atoms with Crippen molar-refractivity contribution < 1.29 is 9.47 Å². The number of nitrogens with zero attached hydrogens (tertiary/aromatic N) is 3. The third-order valence-corrected chi connectivity index (χ3v) is 5.04. The number of likely N-dealkylation sites (N-methyl/N-ethyl adjacent to an activating group) is 1. The van der Waals surface area contributed by atoms with E-state index in [0.29, 0.717) is 25.2 Å². The van der Waals surface area contributed by atoms with Crippen LogP contribution in [0.15, 0.2) is 35.3 Å². The van der Waals surface area contributed by atoms with Gasteiger partial charge in [0.2, 0.25) is 0 Å². The number of likely N-dealkylation sites (tertiary alicyclic amines) is 1. The number of anilines is 1. The summed E-state index contributed by atoms with van der Waals surface area (Å²) in [6, 6.07) is 10.8. The minimum atomic E-state index is 0.330. The number of aliphatic imine (C=N–C) groups is 1. The number of nitrogens with one attached hydrogen (secondary N) is 1. The fourth-order valence-corrected chi connectivity index (χ4v) is 3.24. The van der Waals surface area contributed by atoms with Crippen molar-refractivity contribution in [3.05, 3.63) is 30.3 Å². The third-order valence-electron chi connectivity index (χ3n) is 5.04. The van der Waals surface area contributed by atoms with Gasteiger partial charge in [-0.05, 0) is 32.4 Å². The second kappa shape index (κ2) is 11.8. The monoisotopic (exact) mass is 376 g/mol. The van der Waals surface area contributed by atoms with Crippen molar-refractivity contribution in [3.8, 4) is 0 Å². The average Bonchev–Trinajstić information content (AvgIpc) is 3.17. The smallest absolute Gasteiger partial charge is 0.193 e. The van der Waals surface area contributed by atoms with Crippen LogP contribution in [-0.2, 0) is 9.47 Å². The molecule has 1 fully saturated rings. The van der Waals surface area contributed by atoms with Crippen molar-refractivity contribution in [2.75, 3.05) is 65.1 Å². The molecule has 1 aromatic carbocycles. The Balaban J connectivity index is 1.86. The van der Waals surface area contributed by atoms with Crippen molar-refractivity contribution in [1.29, 1.82) is 0 Å². The average molecular weight is 377 g/mol. The molecule has 0 saturated carbocycles. The number of hydrogen-bond donors (Lipinski definition) is 1. The molecular formula is C21H36N4O2. The Kier molecular flexibility index (Phi) is 9.42. The zero-order valence-corrected chi connectivity index (χ0v) is 17.4. The van der Waals surface area contributed by atoms with E-state index in [4.69, 9.17) is 14.5 Å². The minimum Gasteiger partial charge on any atom is -0.382 e. The van der Waals surface area contributed by atoms with E-state index >= 15 is 0 Å². The van der Waals surface area contributed by atoms with Gasteiger partial charge in [0, 0.05) is 51.4 Å². The van der Waals surface area contributed by atoms with E-state index in [1.807, 2.05) is 6.07 Å². The maximum Gasteiger partial charge on any atom is 0.193 e. The first-order chi connectivity index (χ1) is 13.2. The van der Waals surface area contributed by atoms with Crippen LogP contribution < -0.4 is 10.2 Å². The predicted molar refractivity (Wildman–Crippen MR) is 113 cm³/mol. The van der Waals surface area contributed by atoms with Gasteiger partial charge >= 0.3 is 0 Å². The van der Waals surface area contributed by atoms with Gasteiger partial charge in [-0.3, -0.25) is 4.99 Å². The van der Waals surface area contributed by atoms with Gasteiger partial charge in [0.25, 0.3) is 0 Å². The Morgan fingerprint density at radius 2 is 2.11 bits per heavy atom. The predicted octanol–water partition coefficient (Wildman–Crippen LogP) is 2.46. The Morgan fingerprint density at radius 3 is 2.81 bits per heavy atom. The molecule has 0 amide bonds. The fourth-order valence-electron chi connectivity index (χ4n) is 3.24. The van der Waals surface area contributed by atoms with Crippen molar-refractivity contribution >= 4 is 11.6 Å². The Hall–Kier alpha value is -1.79. The van der Waals surface area contributed by atoms with Gasteiger partial charge in [0.1, 0.15) is 0 Å². The molecule has 0 aliphatic carbocycles. The normalized spacial score (nSPS) is 18.6. The maximum atomic E-state index is 5.71. The van der Waals surface area contributed by atoms with Crippen LogP contribution in [0.2, 0.25) is 0 Å². The topological polar surface area (TPSA) is 49.3 Å². The van der Waals surface area contributed by atoms with Gasteiger partial charge in [-0.25, -0.2) is 0 Å². The van der Waals surface area contributed by atoms with Gasteiger partial charge in [-0.2, -0.15) is 0 Å². The lowest BCUT2D eigenvalue weighted by Crippen LogP contribution is -2.41. The summed E-state index contributed by atoms with van der Waals surface area (Å²) in [6.07, 6.45) is 1.15. The summed E-state index contributed by atoms with van der Waals surface area (Å²) in [4.78, 5) is 9.56. The van der Waals surface area contributed by atoms with E-state index in [1.165, 1.54) is 5.69 Å². The number of rotatable bonds is 10. The highest BCUT2D eigenvalue weighted by molar-refractivity contribution is 5.80. The molecule has 0 aromatic heterocycles. The van der Waals surface area contributed by atoms with Gasteiger partial charge in [-0.1, -0.05) is 18.2 Å². The molecule has 2 rings (SSSR count). The summed E-state index contributed by atoms with van der Waals surface area (Å²) >= 11 is 0. The number of methoxy groups -OCH3 is 1. The maximum absolute atomic E-state index is 5.71. The van der Waals surface area contributed by atoms with Gasteiger partial charge in [-0.15, -0.1) is 0 Å². The summed E-state index contributed by atoms with van der Waals surface area (Å²) in [7, 11) is 3.84. The van der Waals surface area contributed by atoms with Crippen LogP contribution in [0.1, 0.15) is 20.3 Å². The number of ether oxygens (including phenoxy) is 2. The highest BCUT2D eigenvalue weighted by Gasteiger charge is 2.25. The van der Waals surface area contributed by atoms with E-state index in [1.54, 1.807) is 7.11 Å². The second-order valence-corrected chi connectivity index (χ2v) is 7.16. The summed E-state index contributed by atoms with van der Waals surface area (Å²) in [5.74, 6) is 1.58. The zero-order valence-electron chi connectivity index (χ0n) is 17.4. The molecule has 27 heavy (non-hydrogen) atoms. The molecule has 2 unspecified atom stereocenters. The number of para-hydroxylation sites is 1. The zero-order chi connectivity index (χ0) is 19.5. The number of guanidine groups is 1. The van der Waals surface area contributed by atoms with Crippen LogP contribution >= 0.6 is 0 Å². The van der Waals surface area contributed by atoms with Gasteiger partial charge < -0.3 is 24.6 Å². The van der Waals surface area contributed by atoms with Crippen LogP contribution in [0.4, 0.5) is 5.69 Å². The Labute approximate surface area is 164 Å². The quantitative estimate of drug-likeness (QED) is 0.386. The molecule has 1 heterocycles. The molecule has 6 heteroatoms. The lowest BCUT2D eigenvalue weighted by atomic mass is 10.1. The van der Waals surface area contributed by atoms with E-state index in [9.17, 15) is 0 Å². The molecule has 2 atom stereocenters. The summed E-state index contributed by atoms with van der Waals surface area (Å²) in [6.45, 7) is 10.2. The molecule has 1 saturated heterocycles. The van der Waals surface area contributed by atoms with Crippen molar-refractivity contribution in [2.45, 2.75) is 26.3 Å². The van der Waals surface area contributed by atoms with E-state index in [-0.39, 0.29) is 0 Å². The molecule has 1 aliphatic rings. The van der Waals surface area contributed by atoms with Crippen LogP contribution in [0.3, 0.4) is 0 Å². The lowest BCUT2D eigenvalue weighted by Gasteiger charge is -2.27. The van der Waals surface area contributed by atoms with Crippen LogP contribution in [0, 0.1) is 5.92 Å². The standard InChI is InChI=1S/C21H36N4O2/c1-5-22-21(25-12-11-19(16-25)17-27-14-13-26-4)23-15-18(2)24(3)20-9-7-6-8-10-20/h6-10,18-19H,5,11-17H2,1-4H3,(H,22,23). The molecule has 1 aromatic rings. The first-order valence-electron chi connectivity index (χ1n) is 10.0. The van der Waals surface area contributed by atoms with E-state index < -0.39 is 0 Å². The largest absolute Gasteiger partial charge is 0.382 e. The summed E-state index contributed by atoms with van der Waals surface area (Å²) in [5.41, 5.74) is 1.22. The van der Waals surface area contributed by atoms with Gasteiger partial charge in [0.05, 0.1) is 26.4 Å². The summed E-state index contributed by atoms with van der Waals surface area (Å²) < 4.78 is 10.7. The summed E-state index contributed by atoms with van der Waals surface area (Å²) in [5, 5.41) is 3.45. The molecule has 6 nitrogen and oxygen atoms in total. The Morgan fingerprint density at radius 1 is 1.33 bits per heavy atom. The highest BCUT2D eigenvalue weighted by atomic mass is 16.5. The highest BCUT2D eigenvalue weighted by Crippen LogP contribution is 2.17. The molecule has 1 N–H and O–H groups in total. The lowest BCUT2D eigenvalue weighted by molar-refractivity contribution is 0.0536. The van der Waals surface area contributed by atoms with Crippen LogP contribution in [-0.4, -0.2) is 77.1 Å². The molecule has 1 aliphatic heterocycles. The van der Waals surface area contributed by atoms with E-state index in [0.717, 1.165) is 45.2 Å². The number of hydrogen-bond acceptors (Lipinski definition) is 4. The van der Waals surface area contributed by atoms with Crippen molar-refractivity contribution in [2.24, 2.45) is 10.9 Å². The SMILES string of the molecule is CCNC(=NCC(C)N(C)c1ccccc1)N1CCC(COCCOC)C1. The molecule has 0 bridgehead atoms. The van der Waals surface area contributed by atoms with Crippen molar-refractivity contribution in [1.82, 2.24) is 10.2 Å². The molecular weight excluding hydrogens is 340 g/mol. The molecule has 0 spiro atoms. The number of benzene rings is 1. The Bertz CT molecular complexity index is 552. The van der Waals surface area contributed by atoms with Crippen LogP contribution in [0.5, 0.6) is 0 Å². The van der Waals surface area contributed by atoms with Gasteiger partial charge in [0.15, 0.2) is 5.96 Å². The first-order valence-corrected chi connectivity index (χ1v) is 10.0. The van der Waals surface area contributed by atoms with Crippen molar-refractivity contribution in [3.63, 3.8) is 0 Å². The van der Waals surface area contributed by atoms with Crippen LogP contribution in [0.25, 0.3) is 0 Å². The van der Waals surface area contributed by atoms with E-state index in [2.05, 4.69) is 60.3 Å². The second-order valence-electron chi connectivity index (χ2n) is 7.16. The first kappa shape index (κ1) is 21.5.